The zero-order valence-corrected chi connectivity index (χ0v) is 15.3. The summed E-state index contributed by atoms with van der Waals surface area (Å²) < 4.78 is 40.3. The second kappa shape index (κ2) is 8.67. The predicted molar refractivity (Wildman–Crippen MR) is 102 cm³/mol. The first-order valence-corrected chi connectivity index (χ1v) is 8.95. The molecule has 1 aromatic heterocycles. The van der Waals surface area contributed by atoms with Gasteiger partial charge in [-0.25, -0.2) is 4.98 Å². The zero-order valence-electron chi connectivity index (χ0n) is 15.3. The summed E-state index contributed by atoms with van der Waals surface area (Å²) in [6.07, 6.45) is -2.99. The quantitative estimate of drug-likeness (QED) is 0.526. The highest BCUT2D eigenvalue weighted by Crippen LogP contribution is 2.29. The Morgan fingerprint density at radius 1 is 1.17 bits per heavy atom. The Kier molecular flexibility index (Phi) is 6.24. The molecule has 1 amide bonds. The van der Waals surface area contributed by atoms with Crippen LogP contribution in [0.5, 0.6) is 0 Å². The van der Waals surface area contributed by atoms with E-state index in [9.17, 15) is 28.0 Å². The largest absolute Gasteiger partial charge is 0.475 e. The number of nitrogens with zero attached hydrogens (tertiary/aromatic N) is 2. The smallest absolute Gasteiger partial charge is 0.426 e. The van der Waals surface area contributed by atoms with E-state index in [0.717, 1.165) is 23.2 Å². The SMILES string of the molecule is O=C(CCn1cnc2ccccc21)NC(Cc1cccc(C(F)(F)F)c1)B(O)O. The Labute approximate surface area is 165 Å². The Hall–Kier alpha value is -2.85. The van der Waals surface area contributed by atoms with Gasteiger partial charge in [-0.1, -0.05) is 30.3 Å². The lowest BCUT2D eigenvalue weighted by atomic mass is 9.75. The van der Waals surface area contributed by atoms with Gasteiger partial charge in [-0.3, -0.25) is 4.79 Å². The van der Waals surface area contributed by atoms with Crippen molar-refractivity contribution in [3.05, 3.63) is 66.0 Å². The van der Waals surface area contributed by atoms with Crippen LogP contribution in [0.25, 0.3) is 11.0 Å². The zero-order chi connectivity index (χ0) is 21.0. The highest BCUT2D eigenvalue weighted by atomic mass is 19.4. The maximum atomic E-state index is 12.8. The summed E-state index contributed by atoms with van der Waals surface area (Å²) in [7, 11) is -1.91. The number of hydrogen-bond acceptors (Lipinski definition) is 4. The molecule has 0 saturated carbocycles. The number of alkyl halides is 3. The third kappa shape index (κ3) is 5.36. The van der Waals surface area contributed by atoms with Crippen LogP contribution in [0.2, 0.25) is 0 Å². The molecule has 1 atom stereocenters. The Morgan fingerprint density at radius 2 is 1.93 bits per heavy atom. The Morgan fingerprint density at radius 3 is 2.66 bits per heavy atom. The minimum Gasteiger partial charge on any atom is -0.426 e. The van der Waals surface area contributed by atoms with Crippen LogP contribution in [-0.2, 0) is 23.9 Å². The third-order valence-electron chi connectivity index (χ3n) is 4.52. The molecule has 3 aromatic rings. The maximum Gasteiger partial charge on any atom is 0.475 e. The average molecular weight is 405 g/mol. The number of amides is 1. The number of carbonyl (C=O) groups excluding carboxylic acids is 1. The minimum absolute atomic E-state index is 0.0478. The second-order valence-corrected chi connectivity index (χ2v) is 6.67. The number of benzene rings is 2. The molecule has 0 fully saturated rings. The van der Waals surface area contributed by atoms with Gasteiger partial charge in [-0.2, -0.15) is 13.2 Å². The van der Waals surface area contributed by atoms with Crippen molar-refractivity contribution in [1.29, 1.82) is 0 Å². The molecule has 0 aliphatic carbocycles. The molecule has 1 heterocycles. The molecular formula is C19H19BF3N3O3. The summed E-state index contributed by atoms with van der Waals surface area (Å²) in [6.45, 7) is 0.324. The van der Waals surface area contributed by atoms with Crippen LogP contribution in [0.4, 0.5) is 13.2 Å². The molecule has 3 rings (SSSR count). The lowest BCUT2D eigenvalue weighted by molar-refractivity contribution is -0.137. The highest BCUT2D eigenvalue weighted by Gasteiger charge is 2.31. The van der Waals surface area contributed by atoms with Gasteiger partial charge in [0.15, 0.2) is 0 Å². The van der Waals surface area contributed by atoms with E-state index in [0.29, 0.717) is 6.54 Å². The molecule has 152 valence electrons. The van der Waals surface area contributed by atoms with Gasteiger partial charge in [0.25, 0.3) is 0 Å². The van der Waals surface area contributed by atoms with E-state index in [1.807, 2.05) is 24.3 Å². The van der Waals surface area contributed by atoms with E-state index in [1.54, 1.807) is 10.9 Å². The molecule has 0 aliphatic rings. The summed E-state index contributed by atoms with van der Waals surface area (Å²) in [5.74, 6) is -1.58. The molecule has 0 radical (unpaired) electrons. The molecule has 1 unspecified atom stereocenters. The first-order valence-electron chi connectivity index (χ1n) is 8.95. The molecule has 0 saturated heterocycles. The van der Waals surface area contributed by atoms with Gasteiger partial charge in [0, 0.05) is 13.0 Å². The van der Waals surface area contributed by atoms with Gasteiger partial charge in [0.1, 0.15) is 0 Å². The summed E-state index contributed by atoms with van der Waals surface area (Å²) in [4.78, 5) is 16.5. The lowest BCUT2D eigenvalue weighted by Gasteiger charge is -2.19. The van der Waals surface area contributed by atoms with Crippen molar-refractivity contribution in [2.45, 2.75) is 31.5 Å². The van der Waals surface area contributed by atoms with Crippen molar-refractivity contribution >= 4 is 24.1 Å². The van der Waals surface area contributed by atoms with Crippen LogP contribution in [0.3, 0.4) is 0 Å². The van der Waals surface area contributed by atoms with E-state index < -0.39 is 30.7 Å². The fraction of sp³-hybridized carbons (Fsp3) is 0.263. The number of hydrogen-bond donors (Lipinski definition) is 3. The van der Waals surface area contributed by atoms with E-state index >= 15 is 0 Å². The number of carbonyl (C=O) groups is 1. The van der Waals surface area contributed by atoms with E-state index in [1.165, 1.54) is 12.1 Å². The van der Waals surface area contributed by atoms with Gasteiger partial charge in [-0.05, 0) is 30.2 Å². The first kappa shape index (κ1) is 20.9. The number of aromatic nitrogens is 2. The van der Waals surface area contributed by atoms with Gasteiger partial charge in [0.05, 0.1) is 28.9 Å². The molecule has 29 heavy (non-hydrogen) atoms. The van der Waals surface area contributed by atoms with Crippen LogP contribution in [0, 0.1) is 0 Å². The summed E-state index contributed by atoms with van der Waals surface area (Å²) >= 11 is 0. The normalized spacial score (nSPS) is 12.7. The van der Waals surface area contributed by atoms with Crippen molar-refractivity contribution in [2.24, 2.45) is 0 Å². The van der Waals surface area contributed by atoms with Gasteiger partial charge >= 0.3 is 13.3 Å². The van der Waals surface area contributed by atoms with E-state index in [-0.39, 0.29) is 18.4 Å². The fourth-order valence-corrected chi connectivity index (χ4v) is 3.05. The molecule has 10 heteroatoms. The van der Waals surface area contributed by atoms with Crippen molar-refractivity contribution < 1.29 is 28.0 Å². The Bertz CT molecular complexity index is 991. The van der Waals surface area contributed by atoms with Crippen LogP contribution < -0.4 is 5.32 Å². The van der Waals surface area contributed by atoms with Crippen LogP contribution >= 0.6 is 0 Å². The number of fused-ring (bicyclic) bond motifs is 1. The molecular weight excluding hydrogens is 386 g/mol. The monoisotopic (exact) mass is 405 g/mol. The second-order valence-electron chi connectivity index (χ2n) is 6.67. The number of nitrogens with one attached hydrogen (secondary N) is 1. The number of halogens is 3. The standard InChI is InChI=1S/C19H19BF3N3O3/c21-19(22,23)14-5-3-4-13(10-14)11-17(20(28)29)25-18(27)8-9-26-12-24-15-6-1-2-7-16(15)26/h1-7,10,12,17,28-29H,8-9,11H2,(H,25,27). The number of aryl methyl sites for hydroxylation is 1. The Balaban J connectivity index is 1.62. The summed E-state index contributed by atoms with van der Waals surface area (Å²) in [5.41, 5.74) is 1.06. The molecule has 0 bridgehead atoms. The number of para-hydroxylation sites is 2. The topological polar surface area (TPSA) is 87.4 Å². The van der Waals surface area contributed by atoms with Gasteiger partial charge < -0.3 is 19.9 Å². The lowest BCUT2D eigenvalue weighted by Crippen LogP contribution is -2.48. The minimum atomic E-state index is -4.50. The predicted octanol–water partition coefficient (Wildman–Crippen LogP) is 2.18. The maximum absolute atomic E-state index is 12.8. The van der Waals surface area contributed by atoms with Crippen molar-refractivity contribution in [1.82, 2.24) is 14.9 Å². The van der Waals surface area contributed by atoms with Gasteiger partial charge in [0.2, 0.25) is 5.91 Å². The van der Waals surface area contributed by atoms with E-state index in [4.69, 9.17) is 0 Å². The van der Waals surface area contributed by atoms with Crippen LogP contribution in [0.1, 0.15) is 17.5 Å². The van der Waals surface area contributed by atoms with Crippen molar-refractivity contribution in [3.63, 3.8) is 0 Å². The summed E-state index contributed by atoms with van der Waals surface area (Å²) in [5, 5.41) is 21.6. The molecule has 0 aliphatic heterocycles. The fourth-order valence-electron chi connectivity index (χ4n) is 3.05. The summed E-state index contributed by atoms with van der Waals surface area (Å²) in [6, 6.07) is 12.0. The number of imidazole rings is 1. The van der Waals surface area contributed by atoms with Crippen molar-refractivity contribution in [3.8, 4) is 0 Å². The van der Waals surface area contributed by atoms with Crippen molar-refractivity contribution in [2.75, 3.05) is 0 Å². The van der Waals surface area contributed by atoms with E-state index in [2.05, 4.69) is 10.3 Å². The molecule has 2 aromatic carbocycles. The highest BCUT2D eigenvalue weighted by molar-refractivity contribution is 6.43. The van der Waals surface area contributed by atoms with Crippen LogP contribution in [-0.4, -0.2) is 38.6 Å². The van der Waals surface area contributed by atoms with Gasteiger partial charge in [-0.15, -0.1) is 0 Å². The molecule has 0 spiro atoms. The third-order valence-corrected chi connectivity index (χ3v) is 4.52. The molecule has 3 N–H and O–H groups in total. The first-order chi connectivity index (χ1) is 13.7. The number of rotatable bonds is 7. The van der Waals surface area contributed by atoms with Crippen LogP contribution in [0.15, 0.2) is 54.9 Å². The average Bonchev–Trinajstić information content (AvgIpc) is 3.08. The molecule has 6 nitrogen and oxygen atoms in total.